The number of rotatable bonds is 4. The number of hydrazine groups is 2. The molecule has 9 nitrogen and oxygen atoms in total. The number of likely N-dealkylation sites (N-methyl/N-ethyl adjacent to an activating group) is 1. The van der Waals surface area contributed by atoms with E-state index in [0.717, 1.165) is 13.1 Å². The standard InChI is InChI=1S/C10H17N7O2S2/c1-15-2-4-16(5-3-15)14-21(18,19)9-8(13-11)12-10-17(9)6-7-20-10/h6-7,13-14H,2-5,11H2,1H3. The summed E-state index contributed by atoms with van der Waals surface area (Å²) in [5.74, 6) is 5.53. The van der Waals surface area contributed by atoms with Crippen LogP contribution in [0, 0.1) is 0 Å². The van der Waals surface area contributed by atoms with Gasteiger partial charge in [-0.1, -0.05) is 0 Å². The Labute approximate surface area is 126 Å². The third kappa shape index (κ3) is 2.75. The van der Waals surface area contributed by atoms with E-state index in [0.29, 0.717) is 18.1 Å². The van der Waals surface area contributed by atoms with Crippen LogP contribution in [-0.2, 0) is 10.0 Å². The summed E-state index contributed by atoms with van der Waals surface area (Å²) in [6, 6.07) is 0. The molecule has 0 aliphatic carbocycles. The van der Waals surface area contributed by atoms with Crippen molar-refractivity contribution in [1.29, 1.82) is 0 Å². The fourth-order valence-corrected chi connectivity index (χ4v) is 4.37. The summed E-state index contributed by atoms with van der Waals surface area (Å²) in [6.07, 6.45) is 1.66. The lowest BCUT2D eigenvalue weighted by atomic mass is 10.4. The van der Waals surface area contributed by atoms with E-state index in [4.69, 9.17) is 5.84 Å². The van der Waals surface area contributed by atoms with E-state index in [1.807, 2.05) is 7.05 Å². The lowest BCUT2D eigenvalue weighted by molar-refractivity contribution is 0.134. The number of thiazole rings is 1. The maximum Gasteiger partial charge on any atom is 0.273 e. The highest BCUT2D eigenvalue weighted by atomic mass is 32.2. The molecule has 11 heteroatoms. The second-order valence-corrected chi connectivity index (χ2v) is 7.30. The summed E-state index contributed by atoms with van der Waals surface area (Å²) in [6.45, 7) is 2.88. The predicted molar refractivity (Wildman–Crippen MR) is 80.3 cm³/mol. The Hall–Kier alpha value is -1.24. The Balaban J connectivity index is 1.91. The lowest BCUT2D eigenvalue weighted by Crippen LogP contribution is -2.52. The minimum Gasteiger partial charge on any atom is -0.306 e. The number of hydrogen-bond donors (Lipinski definition) is 3. The van der Waals surface area contributed by atoms with Gasteiger partial charge in [0.25, 0.3) is 10.0 Å². The molecule has 0 amide bonds. The van der Waals surface area contributed by atoms with Crippen LogP contribution in [0.4, 0.5) is 5.82 Å². The number of fused-ring (bicyclic) bond motifs is 1. The molecule has 21 heavy (non-hydrogen) atoms. The van der Waals surface area contributed by atoms with Gasteiger partial charge in [-0.05, 0) is 7.05 Å². The van der Waals surface area contributed by atoms with Crippen molar-refractivity contribution in [2.45, 2.75) is 5.03 Å². The molecule has 0 bridgehead atoms. The molecular formula is C10H17N7O2S2. The number of imidazole rings is 1. The highest BCUT2D eigenvalue weighted by molar-refractivity contribution is 7.89. The number of nitrogens with zero attached hydrogens (tertiary/aromatic N) is 4. The number of hydrogen-bond acceptors (Lipinski definition) is 8. The number of sulfonamides is 1. The summed E-state index contributed by atoms with van der Waals surface area (Å²) in [5, 5.41) is 3.50. The zero-order valence-corrected chi connectivity index (χ0v) is 13.1. The largest absolute Gasteiger partial charge is 0.306 e. The van der Waals surface area contributed by atoms with E-state index in [2.05, 4.69) is 20.1 Å². The van der Waals surface area contributed by atoms with Gasteiger partial charge in [-0.25, -0.2) is 19.3 Å². The SMILES string of the molecule is CN1CCN(NS(=O)(=O)c2c(NN)nc3sccn23)CC1. The topological polar surface area (TPSA) is 108 Å². The van der Waals surface area contributed by atoms with Gasteiger partial charge >= 0.3 is 0 Å². The number of nitrogen functional groups attached to an aromatic ring is 1. The Morgan fingerprint density at radius 2 is 2.05 bits per heavy atom. The number of anilines is 1. The Morgan fingerprint density at radius 1 is 1.33 bits per heavy atom. The first kappa shape index (κ1) is 14.7. The summed E-state index contributed by atoms with van der Waals surface area (Å²) >= 11 is 1.34. The first-order valence-corrected chi connectivity index (χ1v) is 8.75. The number of piperazine rings is 1. The fourth-order valence-electron chi connectivity index (χ4n) is 2.23. The van der Waals surface area contributed by atoms with E-state index in [1.165, 1.54) is 15.7 Å². The smallest absolute Gasteiger partial charge is 0.273 e. The molecular weight excluding hydrogens is 314 g/mol. The van der Waals surface area contributed by atoms with E-state index in [-0.39, 0.29) is 10.8 Å². The van der Waals surface area contributed by atoms with Crippen LogP contribution in [0.2, 0.25) is 0 Å². The summed E-state index contributed by atoms with van der Waals surface area (Å²) in [5.41, 5.74) is 2.35. The van der Waals surface area contributed by atoms with Crippen LogP contribution in [0.1, 0.15) is 0 Å². The molecule has 1 saturated heterocycles. The maximum atomic E-state index is 12.6. The second kappa shape index (κ2) is 5.51. The quantitative estimate of drug-likeness (QED) is 0.493. The van der Waals surface area contributed by atoms with Gasteiger partial charge < -0.3 is 10.3 Å². The molecule has 0 saturated carbocycles. The molecule has 2 aromatic rings. The second-order valence-electron chi connectivity index (χ2n) is 4.85. The molecule has 1 fully saturated rings. The van der Waals surface area contributed by atoms with Gasteiger partial charge in [0.2, 0.25) is 5.03 Å². The Bertz CT molecular complexity index is 730. The van der Waals surface area contributed by atoms with Crippen LogP contribution in [0.5, 0.6) is 0 Å². The molecule has 1 aliphatic rings. The van der Waals surface area contributed by atoms with Crippen molar-refractivity contribution in [3.63, 3.8) is 0 Å². The van der Waals surface area contributed by atoms with Gasteiger partial charge in [-0.15, -0.1) is 16.2 Å². The van der Waals surface area contributed by atoms with E-state index in [1.54, 1.807) is 16.6 Å². The van der Waals surface area contributed by atoms with Crippen molar-refractivity contribution >= 4 is 32.1 Å². The van der Waals surface area contributed by atoms with Gasteiger partial charge in [0.15, 0.2) is 10.8 Å². The van der Waals surface area contributed by atoms with Crippen LogP contribution >= 0.6 is 11.3 Å². The molecule has 4 N–H and O–H groups in total. The first-order valence-electron chi connectivity index (χ1n) is 6.39. The zero-order chi connectivity index (χ0) is 15.0. The molecule has 116 valence electrons. The minimum atomic E-state index is -3.75. The molecule has 0 unspecified atom stereocenters. The summed E-state index contributed by atoms with van der Waals surface area (Å²) in [4.78, 5) is 9.48. The zero-order valence-electron chi connectivity index (χ0n) is 11.5. The van der Waals surface area contributed by atoms with E-state index >= 15 is 0 Å². The van der Waals surface area contributed by atoms with E-state index < -0.39 is 10.0 Å². The normalized spacial score (nSPS) is 18.4. The van der Waals surface area contributed by atoms with Crippen molar-refractivity contribution < 1.29 is 8.42 Å². The van der Waals surface area contributed by atoms with Crippen molar-refractivity contribution in [2.24, 2.45) is 5.84 Å². The molecule has 0 radical (unpaired) electrons. The molecule has 3 heterocycles. The molecule has 0 spiro atoms. The maximum absolute atomic E-state index is 12.6. The Morgan fingerprint density at radius 3 is 2.71 bits per heavy atom. The minimum absolute atomic E-state index is 0.0279. The van der Waals surface area contributed by atoms with Crippen molar-refractivity contribution in [3.8, 4) is 0 Å². The van der Waals surface area contributed by atoms with Crippen LogP contribution in [0.25, 0.3) is 4.96 Å². The van der Waals surface area contributed by atoms with Gasteiger partial charge in [-0.3, -0.25) is 4.40 Å². The molecule has 2 aromatic heterocycles. The number of aromatic nitrogens is 2. The average Bonchev–Trinajstić information content (AvgIpc) is 3.00. The van der Waals surface area contributed by atoms with Gasteiger partial charge in [0, 0.05) is 37.8 Å². The molecule has 0 aromatic carbocycles. The van der Waals surface area contributed by atoms with Crippen LogP contribution in [0.15, 0.2) is 16.6 Å². The van der Waals surface area contributed by atoms with Gasteiger partial charge in [0.1, 0.15) is 0 Å². The lowest BCUT2D eigenvalue weighted by Gasteiger charge is -2.32. The fraction of sp³-hybridized carbons (Fsp3) is 0.500. The molecule has 1 aliphatic heterocycles. The highest BCUT2D eigenvalue weighted by Crippen LogP contribution is 2.25. The van der Waals surface area contributed by atoms with Gasteiger partial charge in [0.05, 0.1) is 0 Å². The highest BCUT2D eigenvalue weighted by Gasteiger charge is 2.28. The third-order valence-corrected chi connectivity index (χ3v) is 5.52. The van der Waals surface area contributed by atoms with Crippen molar-refractivity contribution in [1.82, 2.24) is 24.1 Å². The monoisotopic (exact) mass is 331 g/mol. The number of nitrogens with one attached hydrogen (secondary N) is 2. The van der Waals surface area contributed by atoms with Crippen molar-refractivity contribution in [3.05, 3.63) is 11.6 Å². The number of nitrogens with two attached hydrogens (primary N) is 1. The Kier molecular flexibility index (Phi) is 3.86. The predicted octanol–water partition coefficient (Wildman–Crippen LogP) is -0.878. The van der Waals surface area contributed by atoms with Crippen LogP contribution < -0.4 is 16.1 Å². The average molecular weight is 331 g/mol. The summed E-state index contributed by atoms with van der Waals surface area (Å²) < 4.78 is 26.7. The van der Waals surface area contributed by atoms with Crippen LogP contribution in [-0.4, -0.2) is 60.9 Å². The van der Waals surface area contributed by atoms with Crippen molar-refractivity contribution in [2.75, 3.05) is 38.7 Å². The summed E-state index contributed by atoms with van der Waals surface area (Å²) in [7, 11) is -1.74. The molecule has 3 rings (SSSR count). The molecule has 0 atom stereocenters. The van der Waals surface area contributed by atoms with Crippen LogP contribution in [0.3, 0.4) is 0 Å². The van der Waals surface area contributed by atoms with Gasteiger partial charge in [-0.2, -0.15) is 4.98 Å². The van der Waals surface area contributed by atoms with E-state index in [9.17, 15) is 8.42 Å². The third-order valence-electron chi connectivity index (χ3n) is 3.36. The first-order chi connectivity index (χ1) is 10.0.